The molecule has 0 saturated carbocycles. The average Bonchev–Trinajstić information content (AvgIpc) is 3.26. The lowest BCUT2D eigenvalue weighted by Gasteiger charge is -2.40. The molecule has 2 heterocycles. The highest BCUT2D eigenvalue weighted by Gasteiger charge is 2.30. The Morgan fingerprint density at radius 2 is 1.87 bits per heavy atom. The number of likely N-dealkylation sites (tertiary alicyclic amines) is 1. The van der Waals surface area contributed by atoms with Crippen LogP contribution in [0.5, 0.6) is 11.5 Å². The highest BCUT2D eigenvalue weighted by molar-refractivity contribution is 5.90. The number of benzene rings is 2. The molecule has 0 aromatic heterocycles. The molecule has 1 fully saturated rings. The second-order valence-electron chi connectivity index (χ2n) is 8.52. The van der Waals surface area contributed by atoms with Gasteiger partial charge in [-0.25, -0.2) is 4.79 Å². The van der Waals surface area contributed by atoms with E-state index in [0.29, 0.717) is 24.1 Å². The average molecular weight is 424 g/mol. The zero-order valence-electron chi connectivity index (χ0n) is 18.5. The van der Waals surface area contributed by atoms with Crippen LogP contribution in [-0.2, 0) is 6.54 Å². The molecule has 1 N–H and O–H groups in total. The summed E-state index contributed by atoms with van der Waals surface area (Å²) in [4.78, 5) is 17.9. The number of nitrogens with zero attached hydrogens (tertiary/aromatic N) is 2. The Bertz CT molecular complexity index is 866. The van der Waals surface area contributed by atoms with Gasteiger partial charge in [0.25, 0.3) is 0 Å². The first kappa shape index (κ1) is 21.5. The number of nitrogens with one attached hydrogen (secondary N) is 1. The molecule has 1 atom stereocenters. The monoisotopic (exact) mass is 423 g/mol. The van der Waals surface area contributed by atoms with Gasteiger partial charge in [0.15, 0.2) is 11.5 Å². The van der Waals surface area contributed by atoms with E-state index in [1.54, 1.807) is 0 Å². The van der Waals surface area contributed by atoms with Gasteiger partial charge < -0.3 is 24.6 Å². The first-order chi connectivity index (χ1) is 15.1. The summed E-state index contributed by atoms with van der Waals surface area (Å²) < 4.78 is 10.8. The quantitative estimate of drug-likeness (QED) is 0.673. The fraction of sp³-hybridized carbons (Fsp3) is 0.480. The van der Waals surface area contributed by atoms with Crippen molar-refractivity contribution >= 4 is 11.7 Å². The van der Waals surface area contributed by atoms with E-state index in [9.17, 15) is 4.79 Å². The maximum Gasteiger partial charge on any atom is 0.322 e. The van der Waals surface area contributed by atoms with E-state index in [0.717, 1.165) is 37.2 Å². The number of ether oxygens (including phenoxy) is 2. The predicted octanol–water partition coefficient (Wildman–Crippen LogP) is 5.10. The second kappa shape index (κ2) is 10.1. The number of fused-ring (bicyclic) bond motifs is 1. The van der Waals surface area contributed by atoms with Gasteiger partial charge in [-0.15, -0.1) is 0 Å². The minimum Gasteiger partial charge on any atom is -0.454 e. The molecule has 1 unspecified atom stereocenters. The summed E-state index contributed by atoms with van der Waals surface area (Å²) in [7, 11) is 0. The Kier molecular flexibility index (Phi) is 6.97. The van der Waals surface area contributed by atoms with Crippen LogP contribution in [0.25, 0.3) is 0 Å². The summed E-state index contributed by atoms with van der Waals surface area (Å²) in [6.07, 6.45) is 4.42. The first-order valence-electron chi connectivity index (χ1n) is 11.4. The summed E-state index contributed by atoms with van der Waals surface area (Å²) in [5, 5.41) is 3.08. The van der Waals surface area contributed by atoms with Crippen molar-refractivity contribution in [3.8, 4) is 11.5 Å². The van der Waals surface area contributed by atoms with E-state index >= 15 is 0 Å². The Hall–Kier alpha value is -2.73. The van der Waals surface area contributed by atoms with Crippen LogP contribution in [0.1, 0.15) is 45.1 Å². The molecule has 6 heteroatoms. The molecule has 4 rings (SSSR count). The minimum absolute atomic E-state index is 0.0669. The highest BCUT2D eigenvalue weighted by Crippen LogP contribution is 2.34. The van der Waals surface area contributed by atoms with Gasteiger partial charge in [0, 0.05) is 43.5 Å². The summed E-state index contributed by atoms with van der Waals surface area (Å²) in [5.41, 5.74) is 1.87. The van der Waals surface area contributed by atoms with Crippen molar-refractivity contribution < 1.29 is 14.3 Å². The number of rotatable bonds is 7. The standard InChI is InChI=1S/C25H33N3O3/c1-3-7-19(2)27-14-12-22(13-15-27)28(17-20-8-5-4-6-9-20)25(29)26-21-10-11-23-24(16-21)31-18-30-23/h4-6,8-11,16,19,22H,3,7,12-15,17-18H2,1-2H3,(H,26,29). The Morgan fingerprint density at radius 1 is 1.13 bits per heavy atom. The number of hydrogen-bond donors (Lipinski definition) is 1. The second-order valence-corrected chi connectivity index (χ2v) is 8.52. The van der Waals surface area contributed by atoms with Crippen molar-refractivity contribution in [2.24, 2.45) is 0 Å². The third-order valence-electron chi connectivity index (χ3n) is 6.35. The number of carbonyl (C=O) groups excluding carboxylic acids is 1. The smallest absolute Gasteiger partial charge is 0.322 e. The fourth-order valence-corrected chi connectivity index (χ4v) is 4.56. The van der Waals surface area contributed by atoms with Crippen LogP contribution in [0.3, 0.4) is 0 Å². The molecule has 2 aromatic rings. The zero-order chi connectivity index (χ0) is 21.6. The molecule has 0 bridgehead atoms. The molecule has 2 aromatic carbocycles. The Balaban J connectivity index is 1.46. The lowest BCUT2D eigenvalue weighted by atomic mass is 10.00. The van der Waals surface area contributed by atoms with Crippen molar-refractivity contribution in [3.63, 3.8) is 0 Å². The predicted molar refractivity (Wildman–Crippen MR) is 123 cm³/mol. The maximum atomic E-state index is 13.4. The van der Waals surface area contributed by atoms with Gasteiger partial charge in [-0.3, -0.25) is 0 Å². The molecule has 2 aliphatic heterocycles. The van der Waals surface area contributed by atoms with Crippen LogP contribution in [0, 0.1) is 0 Å². The first-order valence-corrected chi connectivity index (χ1v) is 11.4. The minimum atomic E-state index is -0.0669. The lowest BCUT2D eigenvalue weighted by molar-refractivity contribution is 0.0989. The summed E-state index contributed by atoms with van der Waals surface area (Å²) >= 11 is 0. The largest absolute Gasteiger partial charge is 0.454 e. The van der Waals surface area contributed by atoms with Crippen molar-refractivity contribution in [1.82, 2.24) is 9.80 Å². The third-order valence-corrected chi connectivity index (χ3v) is 6.35. The number of hydrogen-bond acceptors (Lipinski definition) is 4. The summed E-state index contributed by atoms with van der Waals surface area (Å²) in [5.74, 6) is 1.39. The van der Waals surface area contributed by atoms with Gasteiger partial charge in [0.2, 0.25) is 6.79 Å². The molecular weight excluding hydrogens is 390 g/mol. The molecule has 31 heavy (non-hydrogen) atoms. The molecule has 2 amide bonds. The van der Waals surface area contributed by atoms with Crippen LogP contribution in [-0.4, -0.2) is 47.8 Å². The molecule has 6 nitrogen and oxygen atoms in total. The van der Waals surface area contributed by atoms with E-state index in [1.807, 2.05) is 41.3 Å². The van der Waals surface area contributed by atoms with Crippen molar-refractivity contribution in [3.05, 3.63) is 54.1 Å². The van der Waals surface area contributed by atoms with Gasteiger partial charge in [-0.2, -0.15) is 0 Å². The lowest BCUT2D eigenvalue weighted by Crippen LogP contribution is -2.50. The molecule has 166 valence electrons. The molecule has 0 spiro atoms. The van der Waals surface area contributed by atoms with Gasteiger partial charge in [0.1, 0.15) is 0 Å². The molecule has 0 radical (unpaired) electrons. The zero-order valence-corrected chi connectivity index (χ0v) is 18.5. The van der Waals surface area contributed by atoms with Crippen LogP contribution in [0.2, 0.25) is 0 Å². The SMILES string of the molecule is CCCC(C)N1CCC(N(Cc2ccccc2)C(=O)Nc2ccc3c(c2)OCO3)CC1. The molecule has 2 aliphatic rings. The Labute approximate surface area is 185 Å². The number of urea groups is 1. The number of carbonyl (C=O) groups is 1. The highest BCUT2D eigenvalue weighted by atomic mass is 16.7. The van der Waals surface area contributed by atoms with Crippen molar-refractivity contribution in [1.29, 1.82) is 0 Å². The van der Waals surface area contributed by atoms with Crippen molar-refractivity contribution in [2.75, 3.05) is 25.2 Å². The molecule has 0 aliphatic carbocycles. The Morgan fingerprint density at radius 3 is 2.61 bits per heavy atom. The molecule has 1 saturated heterocycles. The van der Waals surface area contributed by atoms with Gasteiger partial charge in [0.05, 0.1) is 0 Å². The van der Waals surface area contributed by atoms with E-state index in [2.05, 4.69) is 36.2 Å². The van der Waals surface area contributed by atoms with Crippen LogP contribution >= 0.6 is 0 Å². The van der Waals surface area contributed by atoms with Crippen LogP contribution in [0.15, 0.2) is 48.5 Å². The van der Waals surface area contributed by atoms with Gasteiger partial charge in [-0.1, -0.05) is 43.7 Å². The van der Waals surface area contributed by atoms with E-state index in [4.69, 9.17) is 9.47 Å². The van der Waals surface area contributed by atoms with Gasteiger partial charge >= 0.3 is 6.03 Å². The number of amides is 2. The number of piperidine rings is 1. The maximum absolute atomic E-state index is 13.4. The normalized spacial score (nSPS) is 17.4. The summed E-state index contributed by atoms with van der Waals surface area (Å²) in [6.45, 7) is 7.46. The van der Waals surface area contributed by atoms with Crippen LogP contribution in [0.4, 0.5) is 10.5 Å². The fourth-order valence-electron chi connectivity index (χ4n) is 4.56. The van der Waals surface area contributed by atoms with Crippen LogP contribution < -0.4 is 14.8 Å². The van der Waals surface area contributed by atoms with Crippen molar-refractivity contribution in [2.45, 2.75) is 58.2 Å². The van der Waals surface area contributed by atoms with E-state index < -0.39 is 0 Å². The summed E-state index contributed by atoms with van der Waals surface area (Å²) in [6, 6.07) is 16.5. The number of anilines is 1. The molecular formula is C25H33N3O3. The van der Waals surface area contributed by atoms with E-state index in [-0.39, 0.29) is 18.9 Å². The van der Waals surface area contributed by atoms with E-state index in [1.165, 1.54) is 12.8 Å². The van der Waals surface area contributed by atoms with Gasteiger partial charge in [-0.05, 0) is 43.9 Å². The topological polar surface area (TPSA) is 54.0 Å². The third kappa shape index (κ3) is 5.31.